The van der Waals surface area contributed by atoms with Crippen molar-refractivity contribution in [3.8, 4) is 0 Å². The summed E-state index contributed by atoms with van der Waals surface area (Å²) in [6, 6.07) is 18.1. The summed E-state index contributed by atoms with van der Waals surface area (Å²) in [7, 11) is -4.13. The van der Waals surface area contributed by atoms with Crippen LogP contribution in [0, 0.1) is 19.7 Å². The molecule has 7 nitrogen and oxygen atoms in total. The van der Waals surface area contributed by atoms with Crippen LogP contribution in [0.3, 0.4) is 0 Å². The Labute approximate surface area is 230 Å². The second-order valence-electron chi connectivity index (χ2n) is 9.53. The van der Waals surface area contributed by atoms with E-state index in [1.54, 1.807) is 49.4 Å². The lowest BCUT2D eigenvalue weighted by Crippen LogP contribution is -2.52. The predicted octanol–water partition coefficient (Wildman–Crippen LogP) is 4.97. The fourth-order valence-corrected chi connectivity index (χ4v) is 5.83. The van der Waals surface area contributed by atoms with Crippen LogP contribution < -0.4 is 9.62 Å². The van der Waals surface area contributed by atoms with Crippen molar-refractivity contribution in [2.24, 2.45) is 0 Å². The second kappa shape index (κ2) is 13.4. The molecule has 1 atom stereocenters. The monoisotopic (exact) mass is 553 g/mol. The Morgan fingerprint density at radius 2 is 1.54 bits per heavy atom. The molecular formula is C30H36FN3O4S. The summed E-state index contributed by atoms with van der Waals surface area (Å²) >= 11 is 0. The molecule has 0 saturated carbocycles. The van der Waals surface area contributed by atoms with E-state index >= 15 is 0 Å². The SMILES string of the molecule is CCCNC(=O)[C@H](CC)N(Cc1ccc(F)cc1)C(=O)CN(c1cc(C)cc(C)c1)S(=O)(=O)c1ccccc1. The zero-order valence-corrected chi connectivity index (χ0v) is 23.7. The number of carbonyl (C=O) groups is 2. The lowest BCUT2D eigenvalue weighted by molar-refractivity contribution is -0.140. The van der Waals surface area contributed by atoms with Gasteiger partial charge in [0, 0.05) is 13.1 Å². The normalized spacial score (nSPS) is 12.0. The molecule has 1 N–H and O–H groups in total. The van der Waals surface area contributed by atoms with Gasteiger partial charge in [-0.3, -0.25) is 13.9 Å². The van der Waals surface area contributed by atoms with Crippen LogP contribution in [-0.4, -0.2) is 44.3 Å². The van der Waals surface area contributed by atoms with Gasteiger partial charge in [0.25, 0.3) is 10.0 Å². The average Bonchev–Trinajstić information content (AvgIpc) is 2.91. The first kappa shape index (κ1) is 29.8. The first-order valence-electron chi connectivity index (χ1n) is 13.0. The molecule has 0 fully saturated rings. The Bertz CT molecular complexity index is 1360. The summed E-state index contributed by atoms with van der Waals surface area (Å²) in [4.78, 5) is 28.5. The van der Waals surface area contributed by atoms with Crippen LogP contribution in [0.5, 0.6) is 0 Å². The molecular weight excluding hydrogens is 517 g/mol. The molecule has 0 aliphatic carbocycles. The molecule has 0 spiro atoms. The van der Waals surface area contributed by atoms with E-state index in [1.807, 2.05) is 26.8 Å². The predicted molar refractivity (Wildman–Crippen MR) is 151 cm³/mol. The first-order valence-corrected chi connectivity index (χ1v) is 14.5. The highest BCUT2D eigenvalue weighted by Gasteiger charge is 2.33. The lowest BCUT2D eigenvalue weighted by atomic mass is 10.1. The molecule has 0 heterocycles. The minimum absolute atomic E-state index is 0.0171. The van der Waals surface area contributed by atoms with Crippen molar-refractivity contribution in [2.45, 2.75) is 58.0 Å². The molecule has 0 aromatic heterocycles. The summed E-state index contributed by atoms with van der Waals surface area (Å²) in [6.45, 7) is 7.39. The van der Waals surface area contributed by atoms with Gasteiger partial charge >= 0.3 is 0 Å². The molecule has 208 valence electrons. The number of anilines is 1. The van der Waals surface area contributed by atoms with Crippen molar-refractivity contribution in [1.82, 2.24) is 10.2 Å². The molecule has 0 radical (unpaired) electrons. The molecule has 0 aliphatic heterocycles. The Kier molecular flexibility index (Phi) is 10.2. The maximum atomic E-state index is 14.0. The Balaban J connectivity index is 2.06. The number of rotatable bonds is 12. The van der Waals surface area contributed by atoms with E-state index in [4.69, 9.17) is 0 Å². The highest BCUT2D eigenvalue weighted by molar-refractivity contribution is 7.92. The number of benzene rings is 3. The number of hydrogen-bond donors (Lipinski definition) is 1. The third-order valence-electron chi connectivity index (χ3n) is 6.31. The van der Waals surface area contributed by atoms with E-state index in [-0.39, 0.29) is 17.3 Å². The Hall–Kier alpha value is -3.72. The van der Waals surface area contributed by atoms with Crippen molar-refractivity contribution in [1.29, 1.82) is 0 Å². The number of nitrogens with one attached hydrogen (secondary N) is 1. The molecule has 3 aromatic rings. The van der Waals surface area contributed by atoms with Gasteiger partial charge in [-0.25, -0.2) is 12.8 Å². The van der Waals surface area contributed by atoms with Crippen LogP contribution in [0.2, 0.25) is 0 Å². The van der Waals surface area contributed by atoms with Crippen LogP contribution in [-0.2, 0) is 26.2 Å². The molecule has 39 heavy (non-hydrogen) atoms. The van der Waals surface area contributed by atoms with Crippen LogP contribution in [0.15, 0.2) is 77.7 Å². The van der Waals surface area contributed by atoms with Gasteiger partial charge in [-0.15, -0.1) is 0 Å². The van der Waals surface area contributed by atoms with Gasteiger partial charge in [0.05, 0.1) is 10.6 Å². The number of hydrogen-bond acceptors (Lipinski definition) is 4. The Morgan fingerprint density at radius 1 is 0.923 bits per heavy atom. The molecule has 2 amide bonds. The second-order valence-corrected chi connectivity index (χ2v) is 11.4. The van der Waals surface area contributed by atoms with Gasteiger partial charge in [0.15, 0.2) is 0 Å². The maximum Gasteiger partial charge on any atom is 0.264 e. The third kappa shape index (κ3) is 7.66. The minimum atomic E-state index is -4.13. The van der Waals surface area contributed by atoms with E-state index in [0.717, 1.165) is 21.9 Å². The summed E-state index contributed by atoms with van der Waals surface area (Å²) < 4.78 is 42.4. The van der Waals surface area contributed by atoms with E-state index in [1.165, 1.54) is 29.2 Å². The summed E-state index contributed by atoms with van der Waals surface area (Å²) in [5, 5.41) is 2.84. The zero-order valence-electron chi connectivity index (χ0n) is 22.9. The molecule has 3 rings (SSSR count). The fraction of sp³-hybridized carbons (Fsp3) is 0.333. The number of sulfonamides is 1. The number of amides is 2. The number of carbonyl (C=O) groups excluding carboxylic acids is 2. The van der Waals surface area contributed by atoms with E-state index < -0.39 is 34.3 Å². The van der Waals surface area contributed by atoms with Crippen molar-refractivity contribution in [3.63, 3.8) is 0 Å². The number of aryl methyl sites for hydroxylation is 2. The molecule has 0 unspecified atom stereocenters. The van der Waals surface area contributed by atoms with Crippen molar-refractivity contribution in [3.05, 3.63) is 95.3 Å². The Morgan fingerprint density at radius 3 is 2.10 bits per heavy atom. The van der Waals surface area contributed by atoms with Crippen molar-refractivity contribution >= 4 is 27.5 Å². The minimum Gasteiger partial charge on any atom is -0.354 e. The summed E-state index contributed by atoms with van der Waals surface area (Å²) in [5.41, 5.74) is 2.67. The molecule has 0 bridgehead atoms. The van der Waals surface area contributed by atoms with Gasteiger partial charge in [0.1, 0.15) is 18.4 Å². The van der Waals surface area contributed by atoms with Crippen molar-refractivity contribution in [2.75, 3.05) is 17.4 Å². The maximum absolute atomic E-state index is 14.0. The summed E-state index contributed by atoms with van der Waals surface area (Å²) in [5.74, 6) is -1.28. The smallest absolute Gasteiger partial charge is 0.264 e. The van der Waals surface area contributed by atoms with Gasteiger partial charge in [-0.2, -0.15) is 0 Å². The van der Waals surface area contributed by atoms with Crippen LogP contribution in [0.1, 0.15) is 43.4 Å². The van der Waals surface area contributed by atoms with Crippen LogP contribution in [0.4, 0.5) is 10.1 Å². The highest BCUT2D eigenvalue weighted by Crippen LogP contribution is 2.27. The zero-order chi connectivity index (χ0) is 28.6. The topological polar surface area (TPSA) is 86.8 Å². The van der Waals surface area contributed by atoms with Gasteiger partial charge in [0.2, 0.25) is 11.8 Å². The quantitative estimate of drug-likeness (QED) is 0.343. The molecule has 3 aromatic carbocycles. The van der Waals surface area contributed by atoms with E-state index in [2.05, 4.69) is 5.32 Å². The number of nitrogens with zero attached hydrogens (tertiary/aromatic N) is 2. The van der Waals surface area contributed by atoms with E-state index in [9.17, 15) is 22.4 Å². The molecule has 0 aliphatic rings. The summed E-state index contributed by atoms with van der Waals surface area (Å²) in [6.07, 6.45) is 1.04. The average molecular weight is 554 g/mol. The first-order chi connectivity index (χ1) is 18.6. The van der Waals surface area contributed by atoms with Crippen LogP contribution in [0.25, 0.3) is 0 Å². The standard InChI is InChI=1S/C30H36FN3O4S/c1-5-16-32-30(36)28(6-2)33(20-24-12-14-25(31)15-13-24)29(35)21-34(26-18-22(3)17-23(4)19-26)39(37,38)27-10-8-7-9-11-27/h7-15,17-19,28H,5-6,16,20-21H2,1-4H3,(H,32,36)/t28-/m0/s1. The van der Waals surface area contributed by atoms with Crippen molar-refractivity contribution < 1.29 is 22.4 Å². The number of halogens is 1. The molecule has 0 saturated heterocycles. The van der Waals surface area contributed by atoms with Gasteiger partial charge < -0.3 is 10.2 Å². The van der Waals surface area contributed by atoms with Gasteiger partial charge in [-0.1, -0.05) is 50.2 Å². The third-order valence-corrected chi connectivity index (χ3v) is 8.09. The lowest BCUT2D eigenvalue weighted by Gasteiger charge is -2.33. The van der Waals surface area contributed by atoms with Gasteiger partial charge in [-0.05, 0) is 79.8 Å². The molecule has 9 heteroatoms. The van der Waals surface area contributed by atoms with Crippen LogP contribution >= 0.6 is 0 Å². The van der Waals surface area contributed by atoms with E-state index in [0.29, 0.717) is 24.2 Å². The largest absolute Gasteiger partial charge is 0.354 e. The fourth-order valence-electron chi connectivity index (χ4n) is 4.42. The highest BCUT2D eigenvalue weighted by atomic mass is 32.2.